The number of aryl methyl sites for hydroxylation is 1. The maximum atomic E-state index is 13.2. The van der Waals surface area contributed by atoms with Crippen molar-refractivity contribution in [2.45, 2.75) is 18.9 Å². The predicted octanol–water partition coefficient (Wildman–Crippen LogP) is 5.29. The van der Waals surface area contributed by atoms with Crippen LogP contribution in [-0.2, 0) is 6.42 Å². The summed E-state index contributed by atoms with van der Waals surface area (Å²) in [6, 6.07) is 6.50. The van der Waals surface area contributed by atoms with Gasteiger partial charge in [-0.2, -0.15) is 0 Å². The van der Waals surface area contributed by atoms with Gasteiger partial charge in [-0.15, -0.1) is 11.3 Å². The van der Waals surface area contributed by atoms with Crippen LogP contribution in [0, 0.1) is 5.82 Å². The van der Waals surface area contributed by atoms with Crippen molar-refractivity contribution in [1.29, 1.82) is 0 Å². The van der Waals surface area contributed by atoms with E-state index in [-0.39, 0.29) is 11.9 Å². The van der Waals surface area contributed by atoms with Crippen molar-refractivity contribution >= 4 is 40.2 Å². The lowest BCUT2D eigenvalue weighted by atomic mass is 10.1. The molecule has 0 saturated heterocycles. The zero-order chi connectivity index (χ0) is 12.7. The molecule has 1 nitrogen and oxygen atoms in total. The van der Waals surface area contributed by atoms with Crippen LogP contribution < -0.4 is 5.32 Å². The molecule has 0 saturated carbocycles. The topological polar surface area (TPSA) is 12.0 Å². The highest BCUT2D eigenvalue weighted by Gasteiger charge is 2.25. The molecule has 0 radical (unpaired) electrons. The lowest BCUT2D eigenvalue weighted by molar-refractivity contribution is 0.627. The number of benzene rings is 1. The van der Waals surface area contributed by atoms with E-state index in [4.69, 9.17) is 23.2 Å². The Morgan fingerprint density at radius 3 is 2.94 bits per heavy atom. The van der Waals surface area contributed by atoms with Gasteiger partial charge in [-0.25, -0.2) is 4.39 Å². The molecule has 94 valence electrons. The van der Waals surface area contributed by atoms with Gasteiger partial charge >= 0.3 is 0 Å². The minimum absolute atomic E-state index is 0.169. The highest BCUT2D eigenvalue weighted by atomic mass is 35.5. The van der Waals surface area contributed by atoms with Crippen molar-refractivity contribution in [2.24, 2.45) is 0 Å². The molecule has 1 heterocycles. The standard InChI is InChI=1S/C13H10Cl2FNS/c14-9-2-1-7(16)5-11(9)17-10-3-4-12-8(10)6-13(15)18-12/h1-2,5-6,10,17H,3-4H2. The summed E-state index contributed by atoms with van der Waals surface area (Å²) in [6.07, 6.45) is 2.00. The zero-order valence-electron chi connectivity index (χ0n) is 9.34. The fraction of sp³-hybridized carbons (Fsp3) is 0.231. The first-order valence-corrected chi connectivity index (χ1v) is 7.20. The number of fused-ring (bicyclic) bond motifs is 1. The van der Waals surface area contributed by atoms with Crippen LogP contribution in [0.25, 0.3) is 0 Å². The highest BCUT2D eigenvalue weighted by molar-refractivity contribution is 7.16. The molecule has 5 heteroatoms. The number of hydrogen-bond acceptors (Lipinski definition) is 2. The second kappa shape index (κ2) is 4.72. The molecule has 1 aromatic carbocycles. The number of hydrogen-bond donors (Lipinski definition) is 1. The smallest absolute Gasteiger partial charge is 0.125 e. The van der Waals surface area contributed by atoms with Gasteiger partial charge in [0, 0.05) is 4.88 Å². The number of halogens is 3. The van der Waals surface area contributed by atoms with Gasteiger partial charge in [-0.3, -0.25) is 0 Å². The third-order valence-electron chi connectivity index (χ3n) is 3.11. The molecular formula is C13H10Cl2FNS. The molecule has 1 N–H and O–H groups in total. The second-order valence-electron chi connectivity index (χ2n) is 4.29. The molecule has 0 amide bonds. The highest BCUT2D eigenvalue weighted by Crippen LogP contribution is 2.41. The molecule has 0 fully saturated rings. The minimum atomic E-state index is -0.288. The molecule has 2 aromatic rings. The van der Waals surface area contributed by atoms with Crippen molar-refractivity contribution in [1.82, 2.24) is 0 Å². The summed E-state index contributed by atoms with van der Waals surface area (Å²) >= 11 is 13.7. The SMILES string of the molecule is Fc1ccc(Cl)c(NC2CCc3sc(Cl)cc32)c1. The maximum Gasteiger partial charge on any atom is 0.125 e. The van der Waals surface area contributed by atoms with Gasteiger partial charge in [-0.1, -0.05) is 23.2 Å². The Balaban J connectivity index is 1.88. The van der Waals surface area contributed by atoms with E-state index < -0.39 is 0 Å². The van der Waals surface area contributed by atoms with Gasteiger partial charge < -0.3 is 5.32 Å². The molecule has 1 unspecified atom stereocenters. The van der Waals surface area contributed by atoms with Gasteiger partial charge in [0.1, 0.15) is 5.82 Å². The zero-order valence-corrected chi connectivity index (χ0v) is 11.7. The van der Waals surface area contributed by atoms with Crippen LogP contribution in [0.1, 0.15) is 22.9 Å². The average molecular weight is 302 g/mol. The first-order chi connectivity index (χ1) is 8.63. The molecule has 18 heavy (non-hydrogen) atoms. The van der Waals surface area contributed by atoms with E-state index in [1.54, 1.807) is 17.4 Å². The molecule has 1 aromatic heterocycles. The molecule has 0 spiro atoms. The first kappa shape index (κ1) is 12.3. The van der Waals surface area contributed by atoms with Gasteiger partial charge in [0.25, 0.3) is 0 Å². The summed E-state index contributed by atoms with van der Waals surface area (Å²) in [7, 11) is 0. The Bertz CT molecular complexity index is 597. The Labute approximate surface area is 119 Å². The quantitative estimate of drug-likeness (QED) is 0.794. The van der Waals surface area contributed by atoms with Gasteiger partial charge in [-0.05, 0) is 42.7 Å². The van der Waals surface area contributed by atoms with Crippen molar-refractivity contribution in [2.75, 3.05) is 5.32 Å². The minimum Gasteiger partial charge on any atom is -0.377 e. The molecule has 1 aliphatic carbocycles. The van der Waals surface area contributed by atoms with E-state index in [1.165, 1.54) is 22.6 Å². The number of rotatable bonds is 2. The molecule has 0 bridgehead atoms. The lowest BCUT2D eigenvalue weighted by Gasteiger charge is -2.15. The summed E-state index contributed by atoms with van der Waals surface area (Å²) in [5.41, 5.74) is 1.85. The van der Waals surface area contributed by atoms with Gasteiger partial charge in [0.15, 0.2) is 0 Å². The summed E-state index contributed by atoms with van der Waals surface area (Å²) < 4.78 is 14.0. The lowest BCUT2D eigenvalue weighted by Crippen LogP contribution is -2.07. The maximum absolute atomic E-state index is 13.2. The predicted molar refractivity (Wildman–Crippen MR) is 75.4 cm³/mol. The van der Waals surface area contributed by atoms with Crippen molar-refractivity contribution in [3.63, 3.8) is 0 Å². The third kappa shape index (κ3) is 2.22. The molecular weight excluding hydrogens is 292 g/mol. The number of thiophene rings is 1. The van der Waals surface area contributed by atoms with Crippen LogP contribution in [0.4, 0.5) is 10.1 Å². The molecule has 1 aliphatic rings. The number of anilines is 1. The van der Waals surface area contributed by atoms with Crippen LogP contribution in [0.2, 0.25) is 9.36 Å². The van der Waals surface area contributed by atoms with E-state index in [2.05, 4.69) is 5.32 Å². The normalized spacial score (nSPS) is 17.8. The van der Waals surface area contributed by atoms with Gasteiger partial charge in [0.2, 0.25) is 0 Å². The monoisotopic (exact) mass is 301 g/mol. The van der Waals surface area contributed by atoms with Crippen molar-refractivity contribution in [3.8, 4) is 0 Å². The van der Waals surface area contributed by atoms with Crippen molar-refractivity contribution in [3.05, 3.63) is 49.9 Å². The van der Waals surface area contributed by atoms with E-state index in [1.807, 2.05) is 6.07 Å². The van der Waals surface area contributed by atoms with Crippen LogP contribution in [0.5, 0.6) is 0 Å². The Kier molecular flexibility index (Phi) is 3.22. The Morgan fingerprint density at radius 1 is 1.28 bits per heavy atom. The molecule has 0 aliphatic heterocycles. The Morgan fingerprint density at radius 2 is 2.11 bits per heavy atom. The van der Waals surface area contributed by atoms with E-state index in [0.29, 0.717) is 10.7 Å². The van der Waals surface area contributed by atoms with E-state index in [0.717, 1.165) is 17.2 Å². The summed E-state index contributed by atoms with van der Waals surface area (Å²) in [6.45, 7) is 0. The van der Waals surface area contributed by atoms with E-state index in [9.17, 15) is 4.39 Å². The van der Waals surface area contributed by atoms with Crippen LogP contribution in [-0.4, -0.2) is 0 Å². The third-order valence-corrected chi connectivity index (χ3v) is 4.77. The average Bonchev–Trinajstić information content (AvgIpc) is 2.84. The molecule has 3 rings (SSSR count). The number of nitrogens with one attached hydrogen (secondary N) is 1. The fourth-order valence-electron chi connectivity index (χ4n) is 2.28. The van der Waals surface area contributed by atoms with Crippen LogP contribution in [0.3, 0.4) is 0 Å². The summed E-state index contributed by atoms with van der Waals surface area (Å²) in [4.78, 5) is 1.31. The largest absolute Gasteiger partial charge is 0.377 e. The first-order valence-electron chi connectivity index (χ1n) is 5.63. The summed E-state index contributed by atoms with van der Waals surface area (Å²) in [5.74, 6) is -0.288. The Hall–Kier alpha value is -0.770. The van der Waals surface area contributed by atoms with Gasteiger partial charge in [0.05, 0.1) is 21.1 Å². The summed E-state index contributed by atoms with van der Waals surface area (Å²) in [5, 5.41) is 3.83. The van der Waals surface area contributed by atoms with Crippen LogP contribution >= 0.6 is 34.5 Å². The van der Waals surface area contributed by atoms with Crippen molar-refractivity contribution < 1.29 is 4.39 Å². The van der Waals surface area contributed by atoms with E-state index >= 15 is 0 Å². The van der Waals surface area contributed by atoms with Crippen LogP contribution in [0.15, 0.2) is 24.3 Å². The second-order valence-corrected chi connectivity index (χ2v) is 6.46. The molecule has 1 atom stereocenters. The fourth-order valence-corrected chi connectivity index (χ4v) is 3.81.